The highest BCUT2D eigenvalue weighted by Gasteiger charge is 2.35. The van der Waals surface area contributed by atoms with Gasteiger partial charge in [-0.1, -0.05) is 98.8 Å². The van der Waals surface area contributed by atoms with Gasteiger partial charge in [0.2, 0.25) is 0 Å². The van der Waals surface area contributed by atoms with Crippen LogP contribution in [0.25, 0.3) is 22.3 Å². The minimum atomic E-state index is -0.101. The van der Waals surface area contributed by atoms with E-state index in [0.29, 0.717) is 11.5 Å². The van der Waals surface area contributed by atoms with Crippen LogP contribution in [0.15, 0.2) is 140 Å². The summed E-state index contributed by atoms with van der Waals surface area (Å²) in [7, 11) is 0. The van der Waals surface area contributed by atoms with Crippen molar-refractivity contribution >= 4 is 17.1 Å². The second-order valence-electron chi connectivity index (χ2n) is 11.4. The van der Waals surface area contributed by atoms with E-state index in [1.165, 1.54) is 33.4 Å². The minimum absolute atomic E-state index is 0.101. The van der Waals surface area contributed by atoms with E-state index in [-0.39, 0.29) is 5.41 Å². The summed E-state index contributed by atoms with van der Waals surface area (Å²) in [5.41, 5.74) is 10.7. The first-order valence-corrected chi connectivity index (χ1v) is 14.4. The van der Waals surface area contributed by atoms with Crippen molar-refractivity contribution in [3.05, 3.63) is 151 Å². The quantitative estimate of drug-likeness (QED) is 0.220. The van der Waals surface area contributed by atoms with Crippen molar-refractivity contribution < 1.29 is 9.47 Å². The Balaban J connectivity index is 1.29. The summed E-state index contributed by atoms with van der Waals surface area (Å²) >= 11 is 0. The van der Waals surface area contributed by atoms with Gasteiger partial charge >= 0.3 is 0 Å². The zero-order chi connectivity index (χ0) is 28.3. The maximum Gasteiger partial charge on any atom is 0.172 e. The second kappa shape index (κ2) is 9.39. The monoisotopic (exact) mass is 543 g/mol. The van der Waals surface area contributed by atoms with Crippen molar-refractivity contribution in [2.75, 3.05) is 4.90 Å². The molecule has 0 N–H and O–H groups in total. The number of ether oxygens (including phenoxy) is 2. The molecule has 0 radical (unpaired) electrons. The lowest BCUT2D eigenvalue weighted by Crippen LogP contribution is -2.16. The third-order valence-electron chi connectivity index (χ3n) is 8.51. The molecule has 0 atom stereocenters. The molecule has 0 fully saturated rings. The molecule has 8 rings (SSSR count). The lowest BCUT2D eigenvalue weighted by Gasteiger charge is -2.29. The van der Waals surface area contributed by atoms with E-state index in [2.05, 4.69) is 128 Å². The van der Waals surface area contributed by atoms with Crippen LogP contribution >= 0.6 is 0 Å². The van der Waals surface area contributed by atoms with Gasteiger partial charge in [-0.25, -0.2) is 0 Å². The Morgan fingerprint density at radius 3 is 1.86 bits per heavy atom. The van der Waals surface area contributed by atoms with Gasteiger partial charge in [-0.2, -0.15) is 0 Å². The summed E-state index contributed by atoms with van der Waals surface area (Å²) in [6.07, 6.45) is 0. The largest absolute Gasteiger partial charge is 0.450 e. The summed E-state index contributed by atoms with van der Waals surface area (Å²) in [5, 5.41) is 0. The van der Waals surface area contributed by atoms with Crippen LogP contribution in [-0.4, -0.2) is 0 Å². The summed E-state index contributed by atoms with van der Waals surface area (Å²) in [4.78, 5) is 2.32. The molecule has 0 saturated heterocycles. The van der Waals surface area contributed by atoms with E-state index in [9.17, 15) is 0 Å². The normalized spacial score (nSPS) is 13.6. The van der Waals surface area contributed by atoms with Gasteiger partial charge < -0.3 is 14.4 Å². The first-order valence-electron chi connectivity index (χ1n) is 14.4. The molecule has 3 heteroatoms. The smallest absolute Gasteiger partial charge is 0.172 e. The van der Waals surface area contributed by atoms with Crippen LogP contribution in [0, 0.1) is 0 Å². The van der Waals surface area contributed by atoms with Gasteiger partial charge in [0.15, 0.2) is 23.0 Å². The number of fused-ring (bicyclic) bond motifs is 5. The first-order chi connectivity index (χ1) is 20.6. The first kappa shape index (κ1) is 24.5. The van der Waals surface area contributed by atoms with Crippen molar-refractivity contribution in [3.63, 3.8) is 0 Å². The van der Waals surface area contributed by atoms with E-state index < -0.39 is 0 Å². The average Bonchev–Trinajstić information content (AvgIpc) is 3.27. The van der Waals surface area contributed by atoms with Gasteiger partial charge in [-0.05, 0) is 81.9 Å². The molecule has 42 heavy (non-hydrogen) atoms. The number of benzene rings is 6. The lowest BCUT2D eigenvalue weighted by atomic mass is 9.82. The lowest BCUT2D eigenvalue weighted by molar-refractivity contribution is 0.360. The van der Waals surface area contributed by atoms with Crippen LogP contribution in [0.5, 0.6) is 23.0 Å². The molecule has 6 aromatic carbocycles. The molecule has 1 heterocycles. The number of anilines is 3. The summed E-state index contributed by atoms with van der Waals surface area (Å²) in [5.74, 6) is 2.85. The molecular weight excluding hydrogens is 514 g/mol. The van der Waals surface area contributed by atoms with E-state index in [0.717, 1.165) is 28.6 Å². The van der Waals surface area contributed by atoms with Crippen molar-refractivity contribution in [1.82, 2.24) is 0 Å². The van der Waals surface area contributed by atoms with E-state index >= 15 is 0 Å². The highest BCUT2D eigenvalue weighted by molar-refractivity contribution is 5.86. The van der Waals surface area contributed by atoms with Crippen molar-refractivity contribution in [1.29, 1.82) is 0 Å². The van der Waals surface area contributed by atoms with Gasteiger partial charge in [0.05, 0.1) is 5.69 Å². The van der Waals surface area contributed by atoms with Gasteiger partial charge in [-0.15, -0.1) is 0 Å². The number of rotatable bonds is 4. The molecule has 1 aliphatic heterocycles. The summed E-state index contributed by atoms with van der Waals surface area (Å²) < 4.78 is 12.5. The van der Waals surface area contributed by atoms with Crippen LogP contribution < -0.4 is 14.4 Å². The molecule has 0 amide bonds. The molecule has 1 aliphatic carbocycles. The minimum Gasteiger partial charge on any atom is -0.450 e. The molecule has 202 valence electrons. The van der Waals surface area contributed by atoms with Crippen LogP contribution in [0.2, 0.25) is 0 Å². The van der Waals surface area contributed by atoms with Crippen LogP contribution in [-0.2, 0) is 5.41 Å². The van der Waals surface area contributed by atoms with E-state index in [1.807, 2.05) is 30.3 Å². The van der Waals surface area contributed by atoms with E-state index in [4.69, 9.17) is 9.47 Å². The van der Waals surface area contributed by atoms with Gasteiger partial charge in [-0.3, -0.25) is 0 Å². The van der Waals surface area contributed by atoms with Crippen molar-refractivity contribution in [2.45, 2.75) is 19.3 Å². The molecule has 0 bridgehead atoms. The van der Waals surface area contributed by atoms with Gasteiger partial charge in [0.25, 0.3) is 0 Å². The zero-order valence-electron chi connectivity index (χ0n) is 23.5. The van der Waals surface area contributed by atoms with Crippen molar-refractivity contribution in [3.8, 4) is 45.3 Å². The molecule has 2 aliphatic rings. The predicted octanol–water partition coefficient (Wildman–Crippen LogP) is 11.0. The second-order valence-corrected chi connectivity index (χ2v) is 11.4. The third kappa shape index (κ3) is 3.89. The highest BCUT2D eigenvalue weighted by Crippen LogP contribution is 2.52. The van der Waals surface area contributed by atoms with Crippen molar-refractivity contribution in [2.24, 2.45) is 0 Å². The third-order valence-corrected chi connectivity index (χ3v) is 8.51. The molecular formula is C39H29NO2. The number of nitrogens with zero attached hydrogens (tertiary/aromatic N) is 1. The molecule has 0 aromatic heterocycles. The zero-order valence-corrected chi connectivity index (χ0v) is 23.5. The molecule has 0 saturated carbocycles. The predicted molar refractivity (Wildman–Crippen MR) is 171 cm³/mol. The molecule has 3 nitrogen and oxygen atoms in total. The van der Waals surface area contributed by atoms with Gasteiger partial charge in [0.1, 0.15) is 0 Å². The van der Waals surface area contributed by atoms with Gasteiger partial charge in [0, 0.05) is 22.9 Å². The van der Waals surface area contributed by atoms with Crippen LogP contribution in [0.3, 0.4) is 0 Å². The fraction of sp³-hybridized carbons (Fsp3) is 0.0769. The highest BCUT2D eigenvalue weighted by atomic mass is 16.6. The molecule has 0 unspecified atom stereocenters. The Labute approximate surface area is 246 Å². The fourth-order valence-corrected chi connectivity index (χ4v) is 6.39. The Morgan fingerprint density at radius 1 is 0.429 bits per heavy atom. The number of para-hydroxylation sites is 2. The number of hydrogen-bond acceptors (Lipinski definition) is 3. The van der Waals surface area contributed by atoms with Crippen LogP contribution in [0.4, 0.5) is 17.1 Å². The topological polar surface area (TPSA) is 21.7 Å². The molecule has 6 aromatic rings. The maximum absolute atomic E-state index is 6.33. The SMILES string of the molecule is CC1(C)c2ccccc2-c2ccc(N(c3cccc(-c4ccccc4)c3)c3ccc4c(c3)Oc3ccccc3O4)cc21. The summed E-state index contributed by atoms with van der Waals surface area (Å²) in [6, 6.07) is 48.9. The number of hydrogen-bond donors (Lipinski definition) is 0. The van der Waals surface area contributed by atoms with Crippen LogP contribution in [0.1, 0.15) is 25.0 Å². The Kier molecular flexibility index (Phi) is 5.48. The maximum atomic E-state index is 6.33. The fourth-order valence-electron chi connectivity index (χ4n) is 6.39. The Bertz CT molecular complexity index is 1980. The Morgan fingerprint density at radius 2 is 1.02 bits per heavy atom. The average molecular weight is 544 g/mol. The standard InChI is InChI=1S/C39H29NO2/c1-39(2)33-16-7-6-15-31(33)32-21-19-29(24-34(32)39)40(28-14-10-13-27(23-28)26-11-4-3-5-12-26)30-20-22-37-38(25-30)42-36-18-9-8-17-35(36)41-37/h3-25H,1-2H3. The molecule has 0 spiro atoms. The Hall–Kier alpha value is -5.28. The summed E-state index contributed by atoms with van der Waals surface area (Å²) in [6.45, 7) is 4.65. The van der Waals surface area contributed by atoms with E-state index in [1.54, 1.807) is 0 Å².